The molecule has 10 heteroatoms. The van der Waals surface area contributed by atoms with E-state index in [0.717, 1.165) is 21.8 Å². The highest BCUT2D eigenvalue weighted by Gasteiger charge is 2.20. The van der Waals surface area contributed by atoms with E-state index in [4.69, 9.17) is 4.98 Å². The number of aryl methyl sites for hydroxylation is 3. The minimum atomic E-state index is -0.229. The molecule has 0 bridgehead atoms. The number of hydrogen-bond acceptors (Lipinski definition) is 7. The van der Waals surface area contributed by atoms with Gasteiger partial charge < -0.3 is 5.32 Å². The van der Waals surface area contributed by atoms with E-state index in [2.05, 4.69) is 45.9 Å². The van der Waals surface area contributed by atoms with Gasteiger partial charge >= 0.3 is 0 Å². The molecule has 34 heavy (non-hydrogen) atoms. The maximum Gasteiger partial charge on any atom is 0.256 e. The highest BCUT2D eigenvalue weighted by molar-refractivity contribution is 7.12. The van der Waals surface area contributed by atoms with Crippen LogP contribution in [-0.2, 0) is 0 Å². The Balaban J connectivity index is 1.58. The van der Waals surface area contributed by atoms with E-state index in [1.807, 2.05) is 55.8 Å². The van der Waals surface area contributed by atoms with Crippen molar-refractivity contribution in [1.82, 2.24) is 35.0 Å². The lowest BCUT2D eigenvalue weighted by atomic mass is 10.1. The number of nitrogens with one attached hydrogen (secondary N) is 1. The van der Waals surface area contributed by atoms with E-state index in [1.165, 1.54) is 4.88 Å². The number of rotatable bonds is 5. The first-order chi connectivity index (χ1) is 16.3. The fourth-order valence-electron chi connectivity index (χ4n) is 3.99. The van der Waals surface area contributed by atoms with Crippen LogP contribution in [0.3, 0.4) is 0 Å². The number of hydrogen-bond donors (Lipinski definition) is 1. The normalized spacial score (nSPS) is 11.5. The number of pyridine rings is 1. The van der Waals surface area contributed by atoms with Crippen molar-refractivity contribution in [2.45, 2.75) is 40.7 Å². The molecule has 1 amide bonds. The average molecular weight is 473 g/mol. The van der Waals surface area contributed by atoms with Crippen LogP contribution in [0.2, 0.25) is 0 Å². The van der Waals surface area contributed by atoms with Gasteiger partial charge in [-0.15, -0.1) is 16.4 Å². The summed E-state index contributed by atoms with van der Waals surface area (Å²) in [7, 11) is 0. The van der Waals surface area contributed by atoms with Gasteiger partial charge in [-0.2, -0.15) is 9.78 Å². The van der Waals surface area contributed by atoms with E-state index in [1.54, 1.807) is 22.2 Å². The Hall–Kier alpha value is -3.92. The third-order valence-corrected chi connectivity index (χ3v) is 6.56. The maximum absolute atomic E-state index is 13.5. The summed E-state index contributed by atoms with van der Waals surface area (Å²) in [4.78, 5) is 20.8. The standard InChI is InChI=1S/C24H24N8OS/c1-13(2)31-23-21(12-25-31)20(11-22(27-23)19-9-14(3)34-15(19)4)24(33)26-17-7-6-8-18(10-17)32-16(5)28-29-30-32/h6-13H,1-5H3,(H,26,33). The molecule has 0 fully saturated rings. The Morgan fingerprint density at radius 1 is 1.12 bits per heavy atom. The number of anilines is 1. The van der Waals surface area contributed by atoms with Crippen molar-refractivity contribution in [1.29, 1.82) is 0 Å². The molecule has 0 aliphatic rings. The minimum absolute atomic E-state index is 0.109. The number of thiophene rings is 1. The van der Waals surface area contributed by atoms with Crippen LogP contribution in [0.15, 0.2) is 42.6 Å². The van der Waals surface area contributed by atoms with Crippen molar-refractivity contribution in [2.75, 3.05) is 5.32 Å². The third kappa shape index (κ3) is 3.86. The molecule has 4 heterocycles. The number of amides is 1. The summed E-state index contributed by atoms with van der Waals surface area (Å²) in [6.45, 7) is 10.1. The highest BCUT2D eigenvalue weighted by Crippen LogP contribution is 2.33. The molecule has 4 aromatic heterocycles. The fourth-order valence-corrected chi connectivity index (χ4v) is 4.92. The van der Waals surface area contributed by atoms with Crippen molar-refractivity contribution in [3.63, 3.8) is 0 Å². The number of fused-ring (bicyclic) bond motifs is 1. The molecule has 0 radical (unpaired) electrons. The van der Waals surface area contributed by atoms with Crippen LogP contribution in [0, 0.1) is 20.8 Å². The smallest absolute Gasteiger partial charge is 0.256 e. The first-order valence-electron chi connectivity index (χ1n) is 10.9. The summed E-state index contributed by atoms with van der Waals surface area (Å²) in [6, 6.07) is 11.5. The molecule has 9 nitrogen and oxygen atoms in total. The van der Waals surface area contributed by atoms with Gasteiger partial charge in [0.15, 0.2) is 11.5 Å². The first-order valence-corrected chi connectivity index (χ1v) is 11.8. The Labute approximate surface area is 200 Å². The molecule has 0 aliphatic carbocycles. The van der Waals surface area contributed by atoms with Crippen molar-refractivity contribution in [2.24, 2.45) is 0 Å². The summed E-state index contributed by atoms with van der Waals surface area (Å²) < 4.78 is 3.47. The number of aromatic nitrogens is 7. The fraction of sp³-hybridized carbons (Fsp3) is 0.250. The lowest BCUT2D eigenvalue weighted by Crippen LogP contribution is -2.14. The van der Waals surface area contributed by atoms with E-state index < -0.39 is 0 Å². The van der Waals surface area contributed by atoms with Crippen molar-refractivity contribution >= 4 is 34.0 Å². The van der Waals surface area contributed by atoms with Gasteiger partial charge in [0, 0.05) is 27.0 Å². The predicted molar refractivity (Wildman–Crippen MR) is 133 cm³/mol. The molecule has 0 unspecified atom stereocenters. The molecule has 5 aromatic rings. The van der Waals surface area contributed by atoms with Crippen LogP contribution in [0.1, 0.15) is 45.8 Å². The highest BCUT2D eigenvalue weighted by atomic mass is 32.1. The number of tetrazole rings is 1. The van der Waals surface area contributed by atoms with Crippen LogP contribution in [0.4, 0.5) is 5.69 Å². The second-order valence-corrected chi connectivity index (χ2v) is 9.90. The van der Waals surface area contributed by atoms with E-state index in [-0.39, 0.29) is 11.9 Å². The quantitative estimate of drug-likeness (QED) is 0.390. The molecule has 5 rings (SSSR count). The van der Waals surface area contributed by atoms with Crippen LogP contribution in [-0.4, -0.2) is 40.9 Å². The number of benzene rings is 1. The molecule has 1 aromatic carbocycles. The molecular formula is C24H24N8OS. The molecule has 0 atom stereocenters. The van der Waals surface area contributed by atoms with Crippen molar-refractivity contribution < 1.29 is 4.79 Å². The van der Waals surface area contributed by atoms with Crippen LogP contribution < -0.4 is 5.32 Å². The van der Waals surface area contributed by atoms with Gasteiger partial charge in [0.1, 0.15) is 0 Å². The summed E-state index contributed by atoms with van der Waals surface area (Å²) in [5.41, 5.74) is 4.42. The van der Waals surface area contributed by atoms with Gasteiger partial charge in [-0.1, -0.05) is 6.07 Å². The van der Waals surface area contributed by atoms with Gasteiger partial charge in [0.05, 0.1) is 28.5 Å². The van der Waals surface area contributed by atoms with Gasteiger partial charge in [-0.3, -0.25) is 4.79 Å². The molecule has 0 saturated carbocycles. The zero-order chi connectivity index (χ0) is 24.0. The molecule has 0 saturated heterocycles. The second-order valence-electron chi connectivity index (χ2n) is 8.44. The lowest BCUT2D eigenvalue weighted by Gasteiger charge is -2.12. The molecule has 0 aliphatic heterocycles. The summed E-state index contributed by atoms with van der Waals surface area (Å²) >= 11 is 1.72. The van der Waals surface area contributed by atoms with Crippen LogP contribution in [0.5, 0.6) is 0 Å². The Bertz CT molecular complexity index is 1530. The summed E-state index contributed by atoms with van der Waals surface area (Å²) in [6.07, 6.45) is 1.72. The zero-order valence-electron chi connectivity index (χ0n) is 19.6. The largest absolute Gasteiger partial charge is 0.322 e. The topological polar surface area (TPSA) is 103 Å². The Morgan fingerprint density at radius 2 is 1.94 bits per heavy atom. The second kappa shape index (κ2) is 8.45. The van der Waals surface area contributed by atoms with Crippen molar-refractivity contribution in [3.05, 3.63) is 63.7 Å². The monoisotopic (exact) mass is 472 g/mol. The number of carbonyl (C=O) groups excluding carboxylic acids is 1. The van der Waals surface area contributed by atoms with Crippen molar-refractivity contribution in [3.8, 4) is 16.9 Å². The van der Waals surface area contributed by atoms with Gasteiger partial charge in [-0.25, -0.2) is 9.67 Å². The Morgan fingerprint density at radius 3 is 2.62 bits per heavy atom. The minimum Gasteiger partial charge on any atom is -0.322 e. The summed E-state index contributed by atoms with van der Waals surface area (Å²) in [5.74, 6) is 0.429. The van der Waals surface area contributed by atoms with Gasteiger partial charge in [0.25, 0.3) is 5.91 Å². The maximum atomic E-state index is 13.5. The van der Waals surface area contributed by atoms with E-state index in [0.29, 0.717) is 28.1 Å². The molecule has 1 N–H and O–H groups in total. The van der Waals surface area contributed by atoms with E-state index >= 15 is 0 Å². The van der Waals surface area contributed by atoms with Gasteiger partial charge in [0.2, 0.25) is 0 Å². The Kier molecular flexibility index (Phi) is 5.45. The lowest BCUT2D eigenvalue weighted by molar-refractivity contribution is 0.102. The average Bonchev–Trinajstić information content (AvgIpc) is 3.51. The predicted octanol–water partition coefficient (Wildman–Crippen LogP) is 4.89. The van der Waals surface area contributed by atoms with Crippen LogP contribution >= 0.6 is 11.3 Å². The first kappa shape index (κ1) is 21.9. The number of nitrogens with zero attached hydrogens (tertiary/aromatic N) is 7. The SMILES string of the molecule is Cc1cc(-c2cc(C(=O)Nc3cccc(-n4nnnc4C)c3)c3cnn(C(C)C)c3n2)c(C)s1. The third-order valence-electron chi connectivity index (χ3n) is 5.59. The molecule has 0 spiro atoms. The van der Waals surface area contributed by atoms with E-state index in [9.17, 15) is 4.79 Å². The number of carbonyl (C=O) groups is 1. The summed E-state index contributed by atoms with van der Waals surface area (Å²) in [5, 5.41) is 19.9. The molecular weight excluding hydrogens is 448 g/mol. The van der Waals surface area contributed by atoms with Gasteiger partial charge in [-0.05, 0) is 75.4 Å². The zero-order valence-corrected chi connectivity index (χ0v) is 20.4. The molecule has 172 valence electrons. The van der Waals surface area contributed by atoms with Crippen LogP contribution in [0.25, 0.3) is 28.0 Å².